The minimum atomic E-state index is -0.177. The zero-order valence-corrected chi connectivity index (χ0v) is 9.75. The number of hydrogen-bond acceptors (Lipinski definition) is 3. The van der Waals surface area contributed by atoms with Gasteiger partial charge in [-0.25, -0.2) is 0 Å². The summed E-state index contributed by atoms with van der Waals surface area (Å²) in [7, 11) is 0. The molecule has 0 aromatic heterocycles. The quantitative estimate of drug-likeness (QED) is 0.591. The summed E-state index contributed by atoms with van der Waals surface area (Å²) in [5, 5.41) is 2.71. The van der Waals surface area contributed by atoms with Crippen LogP contribution >= 0.6 is 0 Å². The summed E-state index contributed by atoms with van der Waals surface area (Å²) in [6.07, 6.45) is 0.903. The predicted molar refractivity (Wildman–Crippen MR) is 65.3 cm³/mol. The van der Waals surface area contributed by atoms with Crippen LogP contribution in [0.2, 0.25) is 0 Å². The molecule has 0 unspecified atom stereocenters. The van der Waals surface area contributed by atoms with Crippen LogP contribution in [0.4, 0.5) is 11.4 Å². The second-order valence-corrected chi connectivity index (χ2v) is 3.69. The van der Waals surface area contributed by atoms with Crippen LogP contribution in [0, 0.1) is 6.92 Å². The molecule has 0 atom stereocenters. The molecule has 0 heterocycles. The van der Waals surface area contributed by atoms with Gasteiger partial charge in [-0.05, 0) is 31.0 Å². The summed E-state index contributed by atoms with van der Waals surface area (Å²) < 4.78 is 5.13. The van der Waals surface area contributed by atoms with Crippen LogP contribution in [0.1, 0.15) is 18.9 Å². The summed E-state index contributed by atoms with van der Waals surface area (Å²) in [4.78, 5) is 11.4. The molecule has 1 rings (SSSR count). The fraction of sp³-hybridized carbons (Fsp3) is 0.417. The van der Waals surface area contributed by atoms with Gasteiger partial charge in [-0.1, -0.05) is 13.0 Å². The van der Waals surface area contributed by atoms with Gasteiger partial charge in [0.15, 0.2) is 0 Å². The number of amides is 1. The second-order valence-electron chi connectivity index (χ2n) is 3.69. The van der Waals surface area contributed by atoms with Crippen molar-refractivity contribution in [2.75, 3.05) is 24.3 Å². The maximum Gasteiger partial charge on any atom is 0.250 e. The molecule has 1 aromatic rings. The first-order valence-electron chi connectivity index (χ1n) is 5.37. The first-order chi connectivity index (χ1) is 7.63. The Morgan fingerprint density at radius 1 is 1.50 bits per heavy atom. The van der Waals surface area contributed by atoms with Crippen molar-refractivity contribution in [3.8, 4) is 0 Å². The Morgan fingerprint density at radius 3 is 2.88 bits per heavy atom. The van der Waals surface area contributed by atoms with E-state index in [2.05, 4.69) is 5.32 Å². The van der Waals surface area contributed by atoms with E-state index < -0.39 is 0 Å². The van der Waals surface area contributed by atoms with Gasteiger partial charge in [0.05, 0.1) is 11.4 Å². The first-order valence-corrected chi connectivity index (χ1v) is 5.37. The fourth-order valence-corrected chi connectivity index (χ4v) is 1.29. The van der Waals surface area contributed by atoms with E-state index in [4.69, 9.17) is 10.5 Å². The Balaban J connectivity index is 2.49. The number of nitrogens with one attached hydrogen (secondary N) is 1. The second kappa shape index (κ2) is 6.12. The zero-order valence-electron chi connectivity index (χ0n) is 9.75. The van der Waals surface area contributed by atoms with Crippen LogP contribution in [0.5, 0.6) is 0 Å². The SMILES string of the molecule is CCCOCC(=O)Nc1ccc(C)cc1N. The maximum absolute atomic E-state index is 11.4. The number of carbonyl (C=O) groups is 1. The van der Waals surface area contributed by atoms with E-state index in [0.29, 0.717) is 18.0 Å². The maximum atomic E-state index is 11.4. The van der Waals surface area contributed by atoms with E-state index >= 15 is 0 Å². The zero-order chi connectivity index (χ0) is 12.0. The van der Waals surface area contributed by atoms with Crippen LogP contribution in [-0.2, 0) is 9.53 Å². The van der Waals surface area contributed by atoms with E-state index in [1.807, 2.05) is 26.0 Å². The summed E-state index contributed by atoms with van der Waals surface area (Å²) in [6, 6.07) is 5.52. The van der Waals surface area contributed by atoms with Gasteiger partial charge in [-0.2, -0.15) is 0 Å². The Bertz CT molecular complexity index is 364. The molecular weight excluding hydrogens is 204 g/mol. The summed E-state index contributed by atoms with van der Waals surface area (Å²) >= 11 is 0. The number of aryl methyl sites for hydroxylation is 1. The average molecular weight is 222 g/mol. The Kier molecular flexibility index (Phi) is 4.79. The predicted octanol–water partition coefficient (Wildman–Crippen LogP) is 1.94. The van der Waals surface area contributed by atoms with Crippen molar-refractivity contribution in [3.63, 3.8) is 0 Å². The van der Waals surface area contributed by atoms with E-state index in [-0.39, 0.29) is 12.5 Å². The molecule has 0 saturated heterocycles. The minimum Gasteiger partial charge on any atom is -0.397 e. The van der Waals surface area contributed by atoms with Crippen LogP contribution in [0.25, 0.3) is 0 Å². The first kappa shape index (κ1) is 12.5. The van der Waals surface area contributed by atoms with E-state index in [1.165, 1.54) is 0 Å². The highest BCUT2D eigenvalue weighted by molar-refractivity contribution is 5.94. The number of anilines is 2. The molecule has 0 aliphatic rings. The van der Waals surface area contributed by atoms with Crippen molar-refractivity contribution in [2.24, 2.45) is 0 Å². The van der Waals surface area contributed by atoms with Crippen molar-refractivity contribution in [1.29, 1.82) is 0 Å². The van der Waals surface area contributed by atoms with Crippen molar-refractivity contribution in [1.82, 2.24) is 0 Å². The normalized spacial score (nSPS) is 10.1. The number of nitrogen functional groups attached to an aromatic ring is 1. The van der Waals surface area contributed by atoms with E-state index in [1.54, 1.807) is 6.07 Å². The molecular formula is C12H18N2O2. The minimum absolute atomic E-state index is 0.0706. The largest absolute Gasteiger partial charge is 0.397 e. The van der Waals surface area contributed by atoms with Gasteiger partial charge in [0.1, 0.15) is 6.61 Å². The average Bonchev–Trinajstić information content (AvgIpc) is 2.23. The van der Waals surface area contributed by atoms with Gasteiger partial charge in [-0.3, -0.25) is 4.79 Å². The lowest BCUT2D eigenvalue weighted by molar-refractivity contribution is -0.120. The smallest absolute Gasteiger partial charge is 0.250 e. The lowest BCUT2D eigenvalue weighted by Gasteiger charge is -2.08. The molecule has 16 heavy (non-hydrogen) atoms. The number of benzene rings is 1. The van der Waals surface area contributed by atoms with Crippen LogP contribution in [-0.4, -0.2) is 19.1 Å². The molecule has 0 radical (unpaired) electrons. The molecule has 0 fully saturated rings. The number of carbonyl (C=O) groups excluding carboxylic acids is 1. The lowest BCUT2D eigenvalue weighted by atomic mass is 10.2. The molecule has 0 saturated carbocycles. The van der Waals surface area contributed by atoms with Gasteiger partial charge in [-0.15, -0.1) is 0 Å². The Hall–Kier alpha value is -1.55. The van der Waals surface area contributed by atoms with Gasteiger partial charge in [0, 0.05) is 6.61 Å². The van der Waals surface area contributed by atoms with Gasteiger partial charge < -0.3 is 15.8 Å². The molecule has 88 valence electrons. The van der Waals surface area contributed by atoms with Crippen LogP contribution in [0.3, 0.4) is 0 Å². The van der Waals surface area contributed by atoms with Gasteiger partial charge >= 0.3 is 0 Å². The highest BCUT2D eigenvalue weighted by Crippen LogP contribution is 2.19. The lowest BCUT2D eigenvalue weighted by Crippen LogP contribution is -2.19. The molecule has 0 bridgehead atoms. The van der Waals surface area contributed by atoms with Crippen molar-refractivity contribution in [3.05, 3.63) is 23.8 Å². The third-order valence-electron chi connectivity index (χ3n) is 2.06. The van der Waals surface area contributed by atoms with Crippen molar-refractivity contribution in [2.45, 2.75) is 20.3 Å². The van der Waals surface area contributed by atoms with Gasteiger partial charge in [0.2, 0.25) is 5.91 Å². The summed E-state index contributed by atoms with van der Waals surface area (Å²) in [5.74, 6) is -0.177. The number of nitrogens with two attached hydrogens (primary N) is 1. The molecule has 0 spiro atoms. The Morgan fingerprint density at radius 2 is 2.25 bits per heavy atom. The third-order valence-corrected chi connectivity index (χ3v) is 2.06. The highest BCUT2D eigenvalue weighted by atomic mass is 16.5. The number of hydrogen-bond donors (Lipinski definition) is 2. The molecule has 0 aliphatic heterocycles. The van der Waals surface area contributed by atoms with E-state index in [9.17, 15) is 4.79 Å². The van der Waals surface area contributed by atoms with Crippen molar-refractivity contribution < 1.29 is 9.53 Å². The number of ether oxygens (including phenoxy) is 1. The standard InChI is InChI=1S/C12H18N2O2/c1-3-6-16-8-12(15)14-11-5-4-9(2)7-10(11)13/h4-5,7H,3,6,8,13H2,1-2H3,(H,14,15). The Labute approximate surface area is 95.8 Å². The van der Waals surface area contributed by atoms with Crippen LogP contribution < -0.4 is 11.1 Å². The summed E-state index contributed by atoms with van der Waals surface area (Å²) in [6.45, 7) is 4.61. The monoisotopic (exact) mass is 222 g/mol. The molecule has 4 heteroatoms. The fourth-order valence-electron chi connectivity index (χ4n) is 1.29. The molecule has 1 amide bonds. The molecule has 1 aromatic carbocycles. The number of rotatable bonds is 5. The summed E-state index contributed by atoms with van der Waals surface area (Å²) in [5.41, 5.74) is 8.04. The van der Waals surface area contributed by atoms with Crippen molar-refractivity contribution >= 4 is 17.3 Å². The highest BCUT2D eigenvalue weighted by Gasteiger charge is 2.04. The van der Waals surface area contributed by atoms with E-state index in [0.717, 1.165) is 12.0 Å². The molecule has 3 N–H and O–H groups in total. The van der Waals surface area contributed by atoms with Crippen LogP contribution in [0.15, 0.2) is 18.2 Å². The topological polar surface area (TPSA) is 64.3 Å². The molecule has 0 aliphatic carbocycles. The third kappa shape index (κ3) is 3.90. The molecule has 4 nitrogen and oxygen atoms in total. The van der Waals surface area contributed by atoms with Gasteiger partial charge in [0.25, 0.3) is 0 Å².